The zero-order valence-electron chi connectivity index (χ0n) is 11.5. The van der Waals surface area contributed by atoms with Gasteiger partial charge in [0.15, 0.2) is 0 Å². The molecule has 4 saturated carbocycles. The lowest BCUT2D eigenvalue weighted by Gasteiger charge is -2.56. The first-order valence-corrected chi connectivity index (χ1v) is 7.58. The fourth-order valence-electron chi connectivity index (χ4n) is 5.07. The Morgan fingerprint density at radius 2 is 1.70 bits per heavy atom. The van der Waals surface area contributed by atoms with Crippen LogP contribution in [0.3, 0.4) is 0 Å². The SMILES string of the molecule is N#Cc1cc(OC23CC4CC(CC(C4)C2)C3)ccc1O. The maximum absolute atomic E-state index is 9.59. The van der Waals surface area contributed by atoms with Crippen LogP contribution in [0.1, 0.15) is 44.1 Å². The molecule has 4 aliphatic carbocycles. The van der Waals surface area contributed by atoms with Gasteiger partial charge in [0.05, 0.1) is 5.56 Å². The Morgan fingerprint density at radius 3 is 2.25 bits per heavy atom. The van der Waals surface area contributed by atoms with Crippen molar-refractivity contribution in [2.75, 3.05) is 0 Å². The summed E-state index contributed by atoms with van der Waals surface area (Å²) in [5, 5.41) is 18.6. The van der Waals surface area contributed by atoms with Gasteiger partial charge >= 0.3 is 0 Å². The van der Waals surface area contributed by atoms with Crippen molar-refractivity contribution in [2.24, 2.45) is 17.8 Å². The monoisotopic (exact) mass is 269 g/mol. The number of phenolic OH excluding ortho intramolecular Hbond substituents is 1. The number of benzene rings is 1. The molecule has 20 heavy (non-hydrogen) atoms. The van der Waals surface area contributed by atoms with Gasteiger partial charge in [0.1, 0.15) is 23.2 Å². The molecule has 104 valence electrons. The number of nitriles is 1. The highest BCUT2D eigenvalue weighted by atomic mass is 16.5. The van der Waals surface area contributed by atoms with Gasteiger partial charge in [-0.1, -0.05) is 0 Å². The number of hydrogen-bond donors (Lipinski definition) is 1. The molecule has 0 atom stereocenters. The summed E-state index contributed by atoms with van der Waals surface area (Å²) in [5.74, 6) is 3.29. The number of aromatic hydroxyl groups is 1. The molecule has 0 saturated heterocycles. The smallest absolute Gasteiger partial charge is 0.133 e. The van der Waals surface area contributed by atoms with Crippen molar-refractivity contribution in [3.05, 3.63) is 23.8 Å². The molecule has 3 heteroatoms. The number of nitrogens with zero attached hydrogens (tertiary/aromatic N) is 1. The second-order valence-electron chi connectivity index (χ2n) is 6.99. The van der Waals surface area contributed by atoms with Gasteiger partial charge in [-0.2, -0.15) is 5.26 Å². The van der Waals surface area contributed by atoms with E-state index in [1.54, 1.807) is 18.2 Å². The molecular weight excluding hydrogens is 250 g/mol. The lowest BCUT2D eigenvalue weighted by Crippen LogP contribution is -2.53. The molecule has 4 fully saturated rings. The van der Waals surface area contributed by atoms with E-state index in [1.165, 1.54) is 38.5 Å². The van der Waals surface area contributed by atoms with E-state index in [0.29, 0.717) is 5.56 Å². The third-order valence-corrected chi connectivity index (χ3v) is 5.40. The third kappa shape index (κ3) is 1.86. The van der Waals surface area contributed by atoms with Crippen molar-refractivity contribution >= 4 is 0 Å². The van der Waals surface area contributed by atoms with Crippen molar-refractivity contribution in [2.45, 2.75) is 44.1 Å². The highest BCUT2D eigenvalue weighted by Gasteiger charge is 2.52. The number of ether oxygens (including phenoxy) is 1. The van der Waals surface area contributed by atoms with E-state index in [0.717, 1.165) is 23.5 Å². The highest BCUT2D eigenvalue weighted by Crippen LogP contribution is 2.57. The summed E-state index contributed by atoms with van der Waals surface area (Å²) in [6.07, 6.45) is 7.68. The Kier molecular flexibility index (Phi) is 2.51. The fraction of sp³-hybridized carbons (Fsp3) is 0.588. The van der Waals surface area contributed by atoms with Crippen LogP contribution in [-0.4, -0.2) is 10.7 Å². The largest absolute Gasteiger partial charge is 0.507 e. The van der Waals surface area contributed by atoms with Gasteiger partial charge in [-0.05, 0) is 68.4 Å². The zero-order valence-corrected chi connectivity index (χ0v) is 11.5. The Labute approximate surface area is 119 Å². The van der Waals surface area contributed by atoms with Crippen molar-refractivity contribution in [1.29, 1.82) is 5.26 Å². The summed E-state index contributed by atoms with van der Waals surface area (Å²) in [7, 11) is 0. The normalized spacial score (nSPS) is 37.6. The molecule has 0 unspecified atom stereocenters. The van der Waals surface area contributed by atoms with Crippen LogP contribution in [0.15, 0.2) is 18.2 Å². The Hall–Kier alpha value is -1.69. The van der Waals surface area contributed by atoms with E-state index in [9.17, 15) is 5.11 Å². The first kappa shape index (κ1) is 12.1. The standard InChI is InChI=1S/C17H19NO2/c18-10-14-6-15(1-2-16(14)19)20-17-7-11-3-12(8-17)5-13(4-11)9-17/h1-2,6,11-13,19H,3-5,7-9H2. The Bertz CT molecular complexity index is 552. The third-order valence-electron chi connectivity index (χ3n) is 5.40. The van der Waals surface area contributed by atoms with Crippen LogP contribution in [0.2, 0.25) is 0 Å². The summed E-state index contributed by atoms with van der Waals surface area (Å²) in [4.78, 5) is 0. The van der Waals surface area contributed by atoms with Gasteiger partial charge in [0.25, 0.3) is 0 Å². The molecule has 0 amide bonds. The molecule has 1 N–H and O–H groups in total. The Balaban J connectivity index is 1.61. The molecule has 3 nitrogen and oxygen atoms in total. The van der Waals surface area contributed by atoms with E-state index < -0.39 is 0 Å². The molecule has 0 spiro atoms. The first-order chi connectivity index (χ1) is 9.66. The summed E-state index contributed by atoms with van der Waals surface area (Å²) in [5.41, 5.74) is 0.297. The van der Waals surface area contributed by atoms with Gasteiger partial charge in [0.2, 0.25) is 0 Å². The van der Waals surface area contributed by atoms with E-state index in [-0.39, 0.29) is 11.4 Å². The fourth-order valence-corrected chi connectivity index (χ4v) is 5.07. The molecule has 0 heterocycles. The van der Waals surface area contributed by atoms with Crippen molar-refractivity contribution in [1.82, 2.24) is 0 Å². The van der Waals surface area contributed by atoms with Crippen LogP contribution in [-0.2, 0) is 0 Å². The van der Waals surface area contributed by atoms with Crippen molar-refractivity contribution in [3.63, 3.8) is 0 Å². The quantitative estimate of drug-likeness (QED) is 0.892. The first-order valence-electron chi connectivity index (χ1n) is 7.58. The molecule has 4 aliphatic rings. The maximum Gasteiger partial charge on any atom is 0.133 e. The molecule has 1 aromatic rings. The van der Waals surface area contributed by atoms with Gasteiger partial charge in [-0.3, -0.25) is 0 Å². The van der Waals surface area contributed by atoms with Crippen LogP contribution < -0.4 is 4.74 Å². The average Bonchev–Trinajstić information content (AvgIpc) is 2.39. The molecule has 0 aliphatic heterocycles. The molecule has 0 radical (unpaired) electrons. The van der Waals surface area contributed by atoms with Crippen LogP contribution in [0.5, 0.6) is 11.5 Å². The summed E-state index contributed by atoms with van der Waals surface area (Å²) in [6.45, 7) is 0. The van der Waals surface area contributed by atoms with Crippen molar-refractivity contribution in [3.8, 4) is 17.6 Å². The number of rotatable bonds is 2. The van der Waals surface area contributed by atoms with Gasteiger partial charge in [-0.15, -0.1) is 0 Å². The predicted octanol–water partition coefficient (Wildman–Crippen LogP) is 3.61. The highest BCUT2D eigenvalue weighted by molar-refractivity contribution is 5.46. The molecule has 4 bridgehead atoms. The molecule has 0 aromatic heterocycles. The minimum absolute atomic E-state index is 0.00154. The van der Waals surface area contributed by atoms with E-state index in [4.69, 9.17) is 10.00 Å². The number of phenols is 1. The Morgan fingerprint density at radius 1 is 1.10 bits per heavy atom. The minimum atomic E-state index is -0.00154. The van der Waals surface area contributed by atoms with Gasteiger partial charge in [0, 0.05) is 6.07 Å². The second kappa shape index (κ2) is 4.15. The second-order valence-corrected chi connectivity index (χ2v) is 6.99. The van der Waals surface area contributed by atoms with E-state index in [2.05, 4.69) is 0 Å². The predicted molar refractivity (Wildman–Crippen MR) is 74.4 cm³/mol. The molecule has 5 rings (SSSR count). The number of hydrogen-bond acceptors (Lipinski definition) is 3. The maximum atomic E-state index is 9.59. The van der Waals surface area contributed by atoms with Gasteiger partial charge in [-0.25, -0.2) is 0 Å². The van der Waals surface area contributed by atoms with Crippen LogP contribution in [0, 0.1) is 29.1 Å². The van der Waals surface area contributed by atoms with Crippen molar-refractivity contribution < 1.29 is 9.84 Å². The van der Waals surface area contributed by atoms with E-state index >= 15 is 0 Å². The zero-order chi connectivity index (χ0) is 13.7. The van der Waals surface area contributed by atoms with Crippen LogP contribution in [0.25, 0.3) is 0 Å². The topological polar surface area (TPSA) is 53.2 Å². The summed E-state index contributed by atoms with van der Waals surface area (Å²) < 4.78 is 6.35. The van der Waals surface area contributed by atoms with E-state index in [1.807, 2.05) is 6.07 Å². The van der Waals surface area contributed by atoms with Gasteiger partial charge < -0.3 is 9.84 Å². The molecule has 1 aromatic carbocycles. The lowest BCUT2D eigenvalue weighted by molar-refractivity contribution is -0.107. The molecular formula is C17H19NO2. The summed E-state index contributed by atoms with van der Waals surface area (Å²) in [6, 6.07) is 7.04. The lowest BCUT2D eigenvalue weighted by atomic mass is 9.54. The average molecular weight is 269 g/mol. The minimum Gasteiger partial charge on any atom is -0.507 e. The van der Waals surface area contributed by atoms with Crippen LogP contribution >= 0.6 is 0 Å². The van der Waals surface area contributed by atoms with Crippen LogP contribution in [0.4, 0.5) is 0 Å². The summed E-state index contributed by atoms with van der Waals surface area (Å²) >= 11 is 0.